The number of hydrogen-bond acceptors (Lipinski definition) is 8. The molecule has 0 atom stereocenters. The summed E-state index contributed by atoms with van der Waals surface area (Å²) in [6.07, 6.45) is 0. The molecule has 0 spiro atoms. The average Bonchev–Trinajstić information content (AvgIpc) is 2.53. The van der Waals surface area contributed by atoms with Crippen LogP contribution in [-0.2, 0) is 10.0 Å². The molecule has 24 heavy (non-hydrogen) atoms. The van der Waals surface area contributed by atoms with E-state index in [2.05, 4.69) is 20.3 Å². The number of ether oxygens (including phenoxy) is 2. The maximum Gasteiger partial charge on any atom is 0.335 e. The van der Waals surface area contributed by atoms with Crippen molar-refractivity contribution in [3.63, 3.8) is 0 Å². The van der Waals surface area contributed by atoms with Crippen molar-refractivity contribution in [1.82, 2.24) is 19.7 Å². The van der Waals surface area contributed by atoms with Crippen molar-refractivity contribution < 1.29 is 22.7 Å². The van der Waals surface area contributed by atoms with Crippen molar-refractivity contribution in [2.24, 2.45) is 0 Å². The van der Waals surface area contributed by atoms with E-state index in [1.807, 2.05) is 0 Å². The van der Waals surface area contributed by atoms with Crippen LogP contribution in [-0.4, -0.2) is 43.6 Å². The largest absolute Gasteiger partial charge is 0.467 e. The normalized spacial score (nSPS) is 10.8. The van der Waals surface area contributed by atoms with Crippen molar-refractivity contribution in [2.45, 2.75) is 4.90 Å². The Morgan fingerprint density at radius 2 is 1.67 bits per heavy atom. The fourth-order valence-corrected chi connectivity index (χ4v) is 2.97. The molecule has 2 rings (SSSR count). The van der Waals surface area contributed by atoms with Gasteiger partial charge in [-0.2, -0.15) is 9.97 Å². The minimum absolute atomic E-state index is 0.0266. The van der Waals surface area contributed by atoms with Crippen LogP contribution in [0.2, 0.25) is 5.02 Å². The van der Waals surface area contributed by atoms with Gasteiger partial charge in [0.2, 0.25) is 5.95 Å². The summed E-state index contributed by atoms with van der Waals surface area (Å²) in [4.78, 5) is 22.9. The van der Waals surface area contributed by atoms with Crippen molar-refractivity contribution in [1.29, 1.82) is 0 Å². The lowest BCUT2D eigenvalue weighted by Gasteiger charge is -2.09. The van der Waals surface area contributed by atoms with Gasteiger partial charge in [-0.05, 0) is 12.1 Å². The van der Waals surface area contributed by atoms with Gasteiger partial charge < -0.3 is 9.47 Å². The van der Waals surface area contributed by atoms with E-state index in [0.29, 0.717) is 0 Å². The summed E-state index contributed by atoms with van der Waals surface area (Å²) in [7, 11) is -1.56. The molecule has 0 bridgehead atoms. The fraction of sp³-hybridized carbons (Fsp3) is 0.167. The first-order valence-corrected chi connectivity index (χ1v) is 8.14. The molecule has 0 radical (unpaired) electrons. The molecule has 2 aromatic rings. The van der Waals surface area contributed by atoms with Gasteiger partial charge in [-0.1, -0.05) is 23.7 Å². The zero-order chi connectivity index (χ0) is 17.7. The highest BCUT2D eigenvalue weighted by Gasteiger charge is 2.21. The molecule has 2 N–H and O–H groups in total. The SMILES string of the molecule is COc1nc(NC(=O)NS(=O)(=O)c2ccccc2Cl)nc(OC)n1. The molecule has 1 heterocycles. The van der Waals surface area contributed by atoms with Gasteiger partial charge in [0.15, 0.2) is 0 Å². The number of hydrogen-bond donors (Lipinski definition) is 2. The van der Waals surface area contributed by atoms with Gasteiger partial charge in [-0.25, -0.2) is 17.9 Å². The molecule has 10 nitrogen and oxygen atoms in total. The van der Waals surface area contributed by atoms with Gasteiger partial charge >= 0.3 is 18.1 Å². The predicted molar refractivity (Wildman–Crippen MR) is 83.7 cm³/mol. The van der Waals surface area contributed by atoms with E-state index in [9.17, 15) is 13.2 Å². The maximum atomic E-state index is 12.1. The lowest BCUT2D eigenvalue weighted by atomic mass is 10.4. The summed E-state index contributed by atoms with van der Waals surface area (Å²) >= 11 is 5.81. The molecule has 128 valence electrons. The summed E-state index contributed by atoms with van der Waals surface area (Å²) in [5.74, 6) is -0.259. The van der Waals surface area contributed by atoms with Crippen LogP contribution in [0, 0.1) is 0 Å². The smallest absolute Gasteiger partial charge is 0.335 e. The van der Waals surface area contributed by atoms with Gasteiger partial charge in [-0.15, -0.1) is 4.98 Å². The van der Waals surface area contributed by atoms with Crippen LogP contribution in [0.3, 0.4) is 0 Å². The first kappa shape index (κ1) is 17.7. The van der Waals surface area contributed by atoms with Gasteiger partial charge in [0.05, 0.1) is 19.2 Å². The average molecular weight is 374 g/mol. The molecule has 0 aliphatic rings. The van der Waals surface area contributed by atoms with E-state index in [0.717, 1.165) is 0 Å². The number of carbonyl (C=O) groups excluding carboxylic acids is 1. The first-order valence-electron chi connectivity index (χ1n) is 6.28. The molecule has 0 unspecified atom stereocenters. The Morgan fingerprint density at radius 1 is 1.08 bits per heavy atom. The Labute approximate surface area is 142 Å². The number of rotatable bonds is 5. The van der Waals surface area contributed by atoms with Crippen molar-refractivity contribution in [3.05, 3.63) is 29.3 Å². The molecule has 1 aromatic heterocycles. The van der Waals surface area contributed by atoms with Crippen molar-refractivity contribution in [3.8, 4) is 12.0 Å². The monoisotopic (exact) mass is 373 g/mol. The number of aromatic nitrogens is 3. The minimum atomic E-state index is -4.17. The third-order valence-electron chi connectivity index (χ3n) is 2.54. The van der Waals surface area contributed by atoms with E-state index >= 15 is 0 Å². The molecule has 12 heteroatoms. The number of nitrogens with zero attached hydrogens (tertiary/aromatic N) is 3. The standard InChI is InChI=1S/C12H12ClN5O5S/c1-22-11-15-9(16-12(17-11)23-2)14-10(19)18-24(20,21)8-6-4-3-5-7(8)13/h3-6H,1-2H3,(H2,14,15,16,17,18,19). The minimum Gasteiger partial charge on any atom is -0.467 e. The summed E-state index contributed by atoms with van der Waals surface area (Å²) in [5.41, 5.74) is 0. The van der Waals surface area contributed by atoms with Crippen LogP contribution in [0.15, 0.2) is 29.2 Å². The van der Waals surface area contributed by atoms with Crippen molar-refractivity contribution >= 4 is 33.6 Å². The van der Waals surface area contributed by atoms with E-state index in [1.165, 1.54) is 32.4 Å². The third kappa shape index (κ3) is 4.20. The quantitative estimate of drug-likeness (QED) is 0.794. The van der Waals surface area contributed by atoms with Crippen LogP contribution in [0.25, 0.3) is 0 Å². The Bertz CT molecular complexity index is 838. The van der Waals surface area contributed by atoms with E-state index in [1.54, 1.807) is 10.8 Å². The number of amides is 2. The van der Waals surface area contributed by atoms with E-state index in [4.69, 9.17) is 21.1 Å². The maximum absolute atomic E-state index is 12.1. The lowest BCUT2D eigenvalue weighted by molar-refractivity contribution is 0.256. The van der Waals surface area contributed by atoms with Gasteiger partial charge in [-0.3, -0.25) is 5.32 Å². The number of carbonyl (C=O) groups is 1. The Morgan fingerprint density at radius 3 is 2.21 bits per heavy atom. The zero-order valence-electron chi connectivity index (χ0n) is 12.5. The molecular weight excluding hydrogens is 362 g/mol. The van der Waals surface area contributed by atoms with Gasteiger partial charge in [0.1, 0.15) is 4.90 Å². The molecule has 2 amide bonds. The molecule has 0 fully saturated rings. The summed E-state index contributed by atoms with van der Waals surface area (Å²) in [6, 6.07) is 4.34. The number of anilines is 1. The van der Waals surface area contributed by atoms with Crippen LogP contribution in [0.5, 0.6) is 12.0 Å². The van der Waals surface area contributed by atoms with Crippen LogP contribution in [0.4, 0.5) is 10.7 Å². The summed E-state index contributed by atoms with van der Waals surface area (Å²) in [6.45, 7) is 0. The number of urea groups is 1. The number of halogens is 1. The van der Waals surface area contributed by atoms with Crippen LogP contribution in [0.1, 0.15) is 0 Å². The van der Waals surface area contributed by atoms with E-state index in [-0.39, 0.29) is 27.9 Å². The fourth-order valence-electron chi connectivity index (χ4n) is 1.54. The summed E-state index contributed by atoms with van der Waals surface area (Å²) in [5, 5.41) is 2.12. The highest BCUT2D eigenvalue weighted by atomic mass is 35.5. The van der Waals surface area contributed by atoms with E-state index < -0.39 is 16.1 Å². The first-order chi connectivity index (χ1) is 11.4. The predicted octanol–water partition coefficient (Wildman–Crippen LogP) is 1.05. The number of methoxy groups -OCH3 is 2. The zero-order valence-corrected chi connectivity index (χ0v) is 14.1. The molecule has 0 aliphatic heterocycles. The van der Waals surface area contributed by atoms with Crippen LogP contribution < -0.4 is 19.5 Å². The second kappa shape index (κ2) is 7.27. The Kier molecular flexibility index (Phi) is 5.36. The lowest BCUT2D eigenvalue weighted by Crippen LogP contribution is -2.35. The highest BCUT2D eigenvalue weighted by Crippen LogP contribution is 2.20. The topological polar surface area (TPSA) is 132 Å². The second-order valence-corrected chi connectivity index (χ2v) is 6.18. The number of benzene rings is 1. The van der Waals surface area contributed by atoms with Gasteiger partial charge in [0.25, 0.3) is 10.0 Å². The Hall–Kier alpha value is -2.66. The third-order valence-corrected chi connectivity index (χ3v) is 4.37. The molecular formula is C12H12ClN5O5S. The van der Waals surface area contributed by atoms with Gasteiger partial charge in [0, 0.05) is 0 Å². The molecule has 1 aromatic carbocycles. The second-order valence-electron chi connectivity index (χ2n) is 4.12. The molecule has 0 saturated heterocycles. The summed E-state index contributed by atoms with van der Waals surface area (Å²) < 4.78 is 35.7. The Balaban J connectivity index is 2.18. The highest BCUT2D eigenvalue weighted by molar-refractivity contribution is 7.90. The molecule has 0 aliphatic carbocycles. The molecule has 0 saturated carbocycles. The number of sulfonamides is 1. The van der Waals surface area contributed by atoms with Crippen LogP contribution >= 0.6 is 11.6 Å². The number of nitrogens with one attached hydrogen (secondary N) is 2. The van der Waals surface area contributed by atoms with Crippen molar-refractivity contribution in [2.75, 3.05) is 19.5 Å².